The van der Waals surface area contributed by atoms with Gasteiger partial charge in [-0.1, -0.05) is 6.07 Å². The topological polar surface area (TPSA) is 56.8 Å². The molecular formula is C20H28N4O2. The number of likely N-dealkylation sites (tertiary alicyclic amines) is 1. The second-order valence-electron chi connectivity index (χ2n) is 7.78. The van der Waals surface area contributed by atoms with Crippen LogP contribution in [-0.4, -0.2) is 70.3 Å². The third-order valence-electron chi connectivity index (χ3n) is 5.81. The molecule has 0 unspecified atom stereocenters. The first-order chi connectivity index (χ1) is 12.7. The minimum atomic E-state index is -0.221. The van der Waals surface area contributed by atoms with Crippen molar-refractivity contribution in [3.8, 4) is 0 Å². The van der Waals surface area contributed by atoms with E-state index in [1.54, 1.807) is 6.20 Å². The number of hydrogen-bond acceptors (Lipinski definition) is 4. The maximum absolute atomic E-state index is 13.1. The van der Waals surface area contributed by atoms with Gasteiger partial charge in [-0.15, -0.1) is 0 Å². The summed E-state index contributed by atoms with van der Waals surface area (Å²) in [5.74, 6) is 0.581. The van der Waals surface area contributed by atoms with Gasteiger partial charge in [0.2, 0.25) is 11.8 Å². The van der Waals surface area contributed by atoms with E-state index in [9.17, 15) is 9.59 Å². The summed E-state index contributed by atoms with van der Waals surface area (Å²) in [7, 11) is 0. The number of nitrogens with zero attached hydrogens (tertiary/aromatic N) is 4. The number of piperidine rings is 1. The minimum absolute atomic E-state index is 0.166. The summed E-state index contributed by atoms with van der Waals surface area (Å²) >= 11 is 0. The standard InChI is InChI=1S/C20H28N4O2/c25-19(17-6-7-17)24-9-2-1-5-18(24)20(26)23-12-10-22(11-13-23)15-16-4-3-8-21-14-16/h3-4,8,14,17-18H,1-2,5-7,9-13,15H2/t18-/m1/s1. The van der Waals surface area contributed by atoms with Crippen LogP contribution in [0.25, 0.3) is 0 Å². The first kappa shape index (κ1) is 17.5. The molecule has 0 spiro atoms. The molecule has 1 atom stereocenters. The summed E-state index contributed by atoms with van der Waals surface area (Å²) in [6.07, 6.45) is 8.60. The molecule has 0 aromatic carbocycles. The molecule has 2 amide bonds. The largest absolute Gasteiger partial charge is 0.338 e. The lowest BCUT2D eigenvalue weighted by atomic mass is 9.99. The number of rotatable bonds is 4. The van der Waals surface area contributed by atoms with Crippen LogP contribution in [0.3, 0.4) is 0 Å². The fourth-order valence-corrected chi connectivity index (χ4v) is 4.10. The average molecular weight is 356 g/mol. The Hall–Kier alpha value is -1.95. The van der Waals surface area contributed by atoms with E-state index < -0.39 is 0 Å². The Bertz CT molecular complexity index is 638. The van der Waals surface area contributed by atoms with Crippen molar-refractivity contribution in [3.63, 3.8) is 0 Å². The molecule has 1 aromatic heterocycles. The molecule has 2 aliphatic heterocycles. The van der Waals surface area contributed by atoms with E-state index >= 15 is 0 Å². The van der Waals surface area contributed by atoms with Crippen molar-refractivity contribution in [1.29, 1.82) is 0 Å². The Labute approximate surface area is 155 Å². The van der Waals surface area contributed by atoms with E-state index in [0.29, 0.717) is 0 Å². The van der Waals surface area contributed by atoms with Crippen molar-refractivity contribution in [2.45, 2.75) is 44.7 Å². The van der Waals surface area contributed by atoms with Crippen LogP contribution in [0.4, 0.5) is 0 Å². The highest BCUT2D eigenvalue weighted by Crippen LogP contribution is 2.33. The third kappa shape index (κ3) is 3.90. The SMILES string of the molecule is O=C([C@H]1CCCCN1C(=O)C1CC1)N1CCN(Cc2cccnc2)CC1. The lowest BCUT2D eigenvalue weighted by Crippen LogP contribution is -2.57. The van der Waals surface area contributed by atoms with E-state index in [1.807, 2.05) is 22.1 Å². The van der Waals surface area contributed by atoms with Crippen LogP contribution in [-0.2, 0) is 16.1 Å². The fourth-order valence-electron chi connectivity index (χ4n) is 4.10. The van der Waals surface area contributed by atoms with Gasteiger partial charge in [0.05, 0.1) is 0 Å². The van der Waals surface area contributed by atoms with Gasteiger partial charge in [0.25, 0.3) is 0 Å². The Morgan fingerprint density at radius 3 is 2.50 bits per heavy atom. The van der Waals surface area contributed by atoms with Gasteiger partial charge in [0.15, 0.2) is 0 Å². The van der Waals surface area contributed by atoms with Crippen molar-refractivity contribution in [2.75, 3.05) is 32.7 Å². The maximum atomic E-state index is 13.1. The second kappa shape index (κ2) is 7.74. The number of hydrogen-bond donors (Lipinski definition) is 0. The van der Waals surface area contributed by atoms with Crippen molar-refractivity contribution < 1.29 is 9.59 Å². The van der Waals surface area contributed by atoms with Crippen molar-refractivity contribution in [2.24, 2.45) is 5.92 Å². The van der Waals surface area contributed by atoms with Gasteiger partial charge >= 0.3 is 0 Å². The Balaban J connectivity index is 1.32. The Kier molecular flexibility index (Phi) is 5.20. The molecule has 2 saturated heterocycles. The van der Waals surface area contributed by atoms with Crippen LogP contribution in [0.15, 0.2) is 24.5 Å². The van der Waals surface area contributed by atoms with Gasteiger partial charge in [-0.05, 0) is 43.7 Å². The van der Waals surface area contributed by atoms with Crippen molar-refractivity contribution >= 4 is 11.8 Å². The van der Waals surface area contributed by atoms with Crippen LogP contribution in [0.5, 0.6) is 0 Å². The molecule has 26 heavy (non-hydrogen) atoms. The molecule has 0 bridgehead atoms. The predicted octanol–water partition coefficient (Wildman–Crippen LogP) is 1.52. The summed E-state index contributed by atoms with van der Waals surface area (Å²) in [4.78, 5) is 36.0. The monoisotopic (exact) mass is 356 g/mol. The molecule has 3 aliphatic rings. The van der Waals surface area contributed by atoms with E-state index in [2.05, 4.69) is 16.0 Å². The highest BCUT2D eigenvalue weighted by atomic mass is 16.2. The smallest absolute Gasteiger partial charge is 0.245 e. The minimum Gasteiger partial charge on any atom is -0.338 e. The number of carbonyl (C=O) groups is 2. The zero-order chi connectivity index (χ0) is 17.9. The van der Waals surface area contributed by atoms with Gasteiger partial charge in [-0.2, -0.15) is 0 Å². The summed E-state index contributed by atoms with van der Waals surface area (Å²) in [6.45, 7) is 4.90. The lowest BCUT2D eigenvalue weighted by Gasteiger charge is -2.41. The first-order valence-electron chi connectivity index (χ1n) is 9.93. The van der Waals surface area contributed by atoms with Crippen molar-refractivity contribution in [3.05, 3.63) is 30.1 Å². The van der Waals surface area contributed by atoms with Gasteiger partial charge in [0.1, 0.15) is 6.04 Å². The maximum Gasteiger partial charge on any atom is 0.245 e. The molecule has 0 radical (unpaired) electrons. The summed E-state index contributed by atoms with van der Waals surface area (Å²) in [6, 6.07) is 3.83. The summed E-state index contributed by atoms with van der Waals surface area (Å²) in [5, 5.41) is 0. The average Bonchev–Trinajstić information content (AvgIpc) is 3.54. The van der Waals surface area contributed by atoms with Crippen LogP contribution in [0, 0.1) is 5.92 Å². The van der Waals surface area contributed by atoms with Gasteiger partial charge in [-0.25, -0.2) is 0 Å². The number of carbonyl (C=O) groups excluding carboxylic acids is 2. The highest BCUT2D eigenvalue weighted by molar-refractivity contribution is 5.89. The van der Waals surface area contributed by atoms with Gasteiger partial charge in [-0.3, -0.25) is 19.5 Å². The molecule has 3 fully saturated rings. The summed E-state index contributed by atoms with van der Waals surface area (Å²) in [5.41, 5.74) is 1.21. The van der Waals surface area contributed by atoms with E-state index in [1.165, 1.54) is 5.56 Å². The molecule has 1 aliphatic carbocycles. The van der Waals surface area contributed by atoms with E-state index in [-0.39, 0.29) is 23.8 Å². The molecule has 0 N–H and O–H groups in total. The van der Waals surface area contributed by atoms with Crippen LogP contribution in [0.2, 0.25) is 0 Å². The quantitative estimate of drug-likeness (QED) is 0.821. The zero-order valence-electron chi connectivity index (χ0n) is 15.3. The number of piperazine rings is 1. The normalized spacial score (nSPS) is 24.5. The molecular weight excluding hydrogens is 328 g/mol. The Morgan fingerprint density at radius 2 is 1.81 bits per heavy atom. The number of aromatic nitrogens is 1. The van der Waals surface area contributed by atoms with Crippen LogP contribution < -0.4 is 0 Å². The molecule has 1 saturated carbocycles. The molecule has 140 valence electrons. The predicted molar refractivity (Wildman–Crippen MR) is 98.2 cm³/mol. The second-order valence-corrected chi connectivity index (χ2v) is 7.78. The summed E-state index contributed by atoms with van der Waals surface area (Å²) < 4.78 is 0. The van der Waals surface area contributed by atoms with Crippen molar-refractivity contribution in [1.82, 2.24) is 19.7 Å². The Morgan fingerprint density at radius 1 is 1.00 bits per heavy atom. The fraction of sp³-hybridized carbons (Fsp3) is 0.650. The van der Waals surface area contributed by atoms with Crippen LogP contribution >= 0.6 is 0 Å². The van der Waals surface area contributed by atoms with E-state index in [4.69, 9.17) is 0 Å². The highest BCUT2D eigenvalue weighted by Gasteiger charge is 2.41. The third-order valence-corrected chi connectivity index (χ3v) is 5.81. The molecule has 3 heterocycles. The molecule has 1 aromatic rings. The van der Waals surface area contributed by atoms with Gasteiger partial charge < -0.3 is 9.80 Å². The van der Waals surface area contributed by atoms with Crippen LogP contribution in [0.1, 0.15) is 37.7 Å². The van der Waals surface area contributed by atoms with Gasteiger partial charge in [0, 0.05) is 57.6 Å². The lowest BCUT2D eigenvalue weighted by molar-refractivity contribution is -0.149. The number of amides is 2. The zero-order valence-corrected chi connectivity index (χ0v) is 15.3. The molecule has 4 rings (SSSR count). The number of pyridine rings is 1. The molecule has 6 heteroatoms. The van der Waals surface area contributed by atoms with E-state index in [0.717, 1.165) is 71.4 Å². The first-order valence-corrected chi connectivity index (χ1v) is 9.93. The molecule has 6 nitrogen and oxygen atoms in total.